The van der Waals surface area contributed by atoms with E-state index >= 15 is 0 Å². The number of carbonyl (C=O) groups excluding carboxylic acids is 1. The van der Waals surface area contributed by atoms with Gasteiger partial charge in [-0.25, -0.2) is 4.79 Å². The lowest BCUT2D eigenvalue weighted by atomic mass is 9.99. The maximum absolute atomic E-state index is 12.4. The fourth-order valence-electron chi connectivity index (χ4n) is 2.05. The number of alkyl halides is 3. The predicted molar refractivity (Wildman–Crippen MR) is 63.3 cm³/mol. The second kappa shape index (κ2) is 5.80. The van der Waals surface area contributed by atoms with Gasteiger partial charge in [-0.15, -0.1) is 0 Å². The molecule has 0 radical (unpaired) electrons. The summed E-state index contributed by atoms with van der Waals surface area (Å²) >= 11 is 0. The molecule has 1 rings (SSSR count). The van der Waals surface area contributed by atoms with E-state index in [-0.39, 0.29) is 0 Å². The standard InChI is InChI=1S/C12H21F3N2O/c1-9(2)17(8-12(13,14)15)11(18)16-6-4-10(3)5-7-16/h9-10H,4-8H2,1-3H3. The van der Waals surface area contributed by atoms with Crippen molar-refractivity contribution < 1.29 is 18.0 Å². The predicted octanol–water partition coefficient (Wildman–Crippen LogP) is 3.11. The van der Waals surface area contributed by atoms with Crippen molar-refractivity contribution in [2.45, 2.75) is 45.8 Å². The van der Waals surface area contributed by atoms with E-state index in [1.807, 2.05) is 0 Å². The fraction of sp³-hybridized carbons (Fsp3) is 0.917. The molecule has 6 heteroatoms. The van der Waals surface area contributed by atoms with E-state index in [9.17, 15) is 18.0 Å². The van der Waals surface area contributed by atoms with Crippen LogP contribution in [0.5, 0.6) is 0 Å². The molecule has 18 heavy (non-hydrogen) atoms. The Morgan fingerprint density at radius 3 is 2.22 bits per heavy atom. The fourth-order valence-corrected chi connectivity index (χ4v) is 2.05. The van der Waals surface area contributed by atoms with Crippen molar-refractivity contribution in [3.63, 3.8) is 0 Å². The van der Waals surface area contributed by atoms with Crippen LogP contribution in [0, 0.1) is 5.92 Å². The third kappa shape index (κ3) is 4.38. The Morgan fingerprint density at radius 1 is 1.33 bits per heavy atom. The molecule has 3 nitrogen and oxygen atoms in total. The third-order valence-corrected chi connectivity index (χ3v) is 3.27. The number of rotatable bonds is 2. The Hall–Kier alpha value is -0.940. The molecule has 1 saturated heterocycles. The van der Waals surface area contributed by atoms with Crippen molar-refractivity contribution in [3.05, 3.63) is 0 Å². The van der Waals surface area contributed by atoms with Gasteiger partial charge in [-0.2, -0.15) is 13.2 Å². The second-order valence-electron chi connectivity index (χ2n) is 5.29. The summed E-state index contributed by atoms with van der Waals surface area (Å²) in [4.78, 5) is 14.5. The monoisotopic (exact) mass is 266 g/mol. The summed E-state index contributed by atoms with van der Waals surface area (Å²) in [6.07, 6.45) is -2.61. The van der Waals surface area contributed by atoms with Crippen LogP contribution in [-0.2, 0) is 0 Å². The lowest BCUT2D eigenvalue weighted by molar-refractivity contribution is -0.144. The molecule has 2 amide bonds. The molecule has 1 aliphatic heterocycles. The minimum Gasteiger partial charge on any atom is -0.325 e. The maximum atomic E-state index is 12.4. The van der Waals surface area contributed by atoms with Gasteiger partial charge in [-0.3, -0.25) is 0 Å². The highest BCUT2D eigenvalue weighted by Crippen LogP contribution is 2.22. The van der Waals surface area contributed by atoms with Gasteiger partial charge in [-0.1, -0.05) is 6.92 Å². The van der Waals surface area contributed by atoms with E-state index in [1.165, 1.54) is 4.90 Å². The number of nitrogens with zero attached hydrogens (tertiary/aromatic N) is 2. The van der Waals surface area contributed by atoms with Crippen LogP contribution < -0.4 is 0 Å². The van der Waals surface area contributed by atoms with Gasteiger partial charge in [0.05, 0.1) is 0 Å². The maximum Gasteiger partial charge on any atom is 0.406 e. The minimum absolute atomic E-state index is 0.446. The first kappa shape index (κ1) is 15.1. The summed E-state index contributed by atoms with van der Waals surface area (Å²) in [6.45, 7) is 5.25. The summed E-state index contributed by atoms with van der Waals surface area (Å²) < 4.78 is 37.3. The SMILES string of the molecule is CC1CCN(C(=O)N(CC(F)(F)F)C(C)C)CC1. The van der Waals surface area contributed by atoms with Gasteiger partial charge >= 0.3 is 12.2 Å². The average Bonchev–Trinajstić information content (AvgIpc) is 2.24. The van der Waals surface area contributed by atoms with Gasteiger partial charge in [0, 0.05) is 19.1 Å². The summed E-state index contributed by atoms with van der Waals surface area (Å²) in [6, 6.07) is -0.937. The van der Waals surface area contributed by atoms with Crippen molar-refractivity contribution in [2.24, 2.45) is 5.92 Å². The molecule has 0 aliphatic carbocycles. The Balaban J connectivity index is 2.65. The van der Waals surface area contributed by atoms with Crippen LogP contribution in [0.2, 0.25) is 0 Å². The van der Waals surface area contributed by atoms with Gasteiger partial charge < -0.3 is 9.80 Å². The van der Waals surface area contributed by atoms with E-state index in [2.05, 4.69) is 6.92 Å². The average molecular weight is 266 g/mol. The molecule has 106 valence electrons. The molecule has 0 saturated carbocycles. The van der Waals surface area contributed by atoms with Gasteiger partial charge in [0.15, 0.2) is 0 Å². The Morgan fingerprint density at radius 2 is 1.83 bits per heavy atom. The third-order valence-electron chi connectivity index (χ3n) is 3.27. The van der Waals surface area contributed by atoms with Crippen molar-refractivity contribution in [1.82, 2.24) is 9.80 Å². The van der Waals surface area contributed by atoms with Gasteiger partial charge in [-0.05, 0) is 32.6 Å². The zero-order chi connectivity index (χ0) is 13.9. The van der Waals surface area contributed by atoms with Gasteiger partial charge in [0.25, 0.3) is 0 Å². The lowest BCUT2D eigenvalue weighted by Gasteiger charge is -2.37. The van der Waals surface area contributed by atoms with Crippen LogP contribution in [0.15, 0.2) is 0 Å². The summed E-state index contributed by atoms with van der Waals surface area (Å²) in [5.41, 5.74) is 0. The molecule has 0 aromatic rings. The van der Waals surface area contributed by atoms with E-state index in [1.54, 1.807) is 13.8 Å². The molecule has 0 aromatic carbocycles. The second-order valence-corrected chi connectivity index (χ2v) is 5.29. The first-order valence-corrected chi connectivity index (χ1v) is 6.33. The highest BCUT2D eigenvalue weighted by Gasteiger charge is 2.36. The highest BCUT2D eigenvalue weighted by molar-refractivity contribution is 5.75. The minimum atomic E-state index is -4.34. The molecule has 0 N–H and O–H groups in total. The Kier molecular flexibility index (Phi) is 4.87. The lowest BCUT2D eigenvalue weighted by Crippen LogP contribution is -2.51. The quantitative estimate of drug-likeness (QED) is 0.753. The molecule has 0 unspecified atom stereocenters. The zero-order valence-corrected chi connectivity index (χ0v) is 11.1. The molecular weight excluding hydrogens is 245 g/mol. The van der Waals surface area contributed by atoms with Crippen molar-refractivity contribution in [2.75, 3.05) is 19.6 Å². The van der Waals surface area contributed by atoms with Crippen LogP contribution in [0.3, 0.4) is 0 Å². The number of likely N-dealkylation sites (tertiary alicyclic amines) is 1. The summed E-state index contributed by atoms with van der Waals surface area (Å²) in [5.74, 6) is 0.546. The number of hydrogen-bond donors (Lipinski definition) is 0. The molecule has 1 aliphatic rings. The van der Waals surface area contributed by atoms with Crippen molar-refractivity contribution in [1.29, 1.82) is 0 Å². The summed E-state index contributed by atoms with van der Waals surface area (Å²) in [7, 11) is 0. The molecule has 0 atom stereocenters. The number of urea groups is 1. The van der Waals surface area contributed by atoms with E-state index in [0.717, 1.165) is 17.7 Å². The van der Waals surface area contributed by atoms with Gasteiger partial charge in [0.2, 0.25) is 0 Å². The number of piperidine rings is 1. The first-order valence-electron chi connectivity index (χ1n) is 6.33. The molecule has 0 bridgehead atoms. The van der Waals surface area contributed by atoms with E-state index in [4.69, 9.17) is 0 Å². The van der Waals surface area contributed by atoms with E-state index < -0.39 is 24.8 Å². The van der Waals surface area contributed by atoms with Crippen LogP contribution >= 0.6 is 0 Å². The van der Waals surface area contributed by atoms with Crippen molar-refractivity contribution >= 4 is 6.03 Å². The highest BCUT2D eigenvalue weighted by atomic mass is 19.4. The van der Waals surface area contributed by atoms with Crippen LogP contribution in [0.25, 0.3) is 0 Å². The summed E-state index contributed by atoms with van der Waals surface area (Å²) in [5, 5.41) is 0. The number of amides is 2. The smallest absolute Gasteiger partial charge is 0.325 e. The molecular formula is C12H21F3N2O. The largest absolute Gasteiger partial charge is 0.406 e. The molecule has 0 spiro atoms. The Bertz CT molecular complexity index is 284. The van der Waals surface area contributed by atoms with Crippen molar-refractivity contribution in [3.8, 4) is 0 Å². The van der Waals surface area contributed by atoms with E-state index in [0.29, 0.717) is 19.0 Å². The van der Waals surface area contributed by atoms with Gasteiger partial charge in [0.1, 0.15) is 6.54 Å². The molecule has 0 aromatic heterocycles. The topological polar surface area (TPSA) is 23.6 Å². The number of hydrogen-bond acceptors (Lipinski definition) is 1. The van der Waals surface area contributed by atoms with Crippen LogP contribution in [-0.4, -0.2) is 47.7 Å². The number of halogens is 3. The van der Waals surface area contributed by atoms with Crippen LogP contribution in [0.1, 0.15) is 33.6 Å². The zero-order valence-electron chi connectivity index (χ0n) is 11.1. The molecule has 1 fully saturated rings. The van der Waals surface area contributed by atoms with Crippen LogP contribution in [0.4, 0.5) is 18.0 Å². The Labute approximate surface area is 106 Å². The first-order chi connectivity index (χ1) is 8.20. The normalized spacial score (nSPS) is 18.3. The molecule has 1 heterocycles. The number of carbonyl (C=O) groups is 1.